The van der Waals surface area contributed by atoms with Crippen LogP contribution in [0.15, 0.2) is 23.1 Å². The summed E-state index contributed by atoms with van der Waals surface area (Å²) < 4.78 is 5.62. The van der Waals surface area contributed by atoms with E-state index in [0.717, 1.165) is 22.3 Å². The summed E-state index contributed by atoms with van der Waals surface area (Å²) in [6.45, 7) is 3.04. The van der Waals surface area contributed by atoms with Crippen LogP contribution in [0.1, 0.15) is 31.4 Å². The fourth-order valence-corrected chi connectivity index (χ4v) is 3.37. The average Bonchev–Trinajstić information content (AvgIpc) is 2.89. The van der Waals surface area contributed by atoms with Gasteiger partial charge in [-0.25, -0.2) is 0 Å². The topological polar surface area (TPSA) is 21.3 Å². The summed E-state index contributed by atoms with van der Waals surface area (Å²) in [5.41, 5.74) is 1.23. The lowest BCUT2D eigenvalue weighted by Gasteiger charge is -2.13. The molecule has 1 aromatic carbocycles. The molecule has 1 aromatic rings. The van der Waals surface area contributed by atoms with Crippen LogP contribution in [0.5, 0.6) is 0 Å². The molecule has 0 aromatic heterocycles. The zero-order chi connectivity index (χ0) is 13.0. The molecular formula is C14H20ClNOS. The van der Waals surface area contributed by atoms with Crippen LogP contribution in [0.25, 0.3) is 0 Å². The first-order valence-corrected chi connectivity index (χ1v) is 7.78. The molecule has 100 valence electrons. The van der Waals surface area contributed by atoms with Crippen molar-refractivity contribution >= 4 is 23.4 Å². The van der Waals surface area contributed by atoms with Crippen molar-refractivity contribution in [3.8, 4) is 0 Å². The smallest absolute Gasteiger partial charge is 0.0669 e. The molecular weight excluding hydrogens is 266 g/mol. The Balaban J connectivity index is 1.96. The molecule has 0 bridgehead atoms. The molecule has 18 heavy (non-hydrogen) atoms. The van der Waals surface area contributed by atoms with Crippen LogP contribution >= 0.6 is 23.4 Å². The van der Waals surface area contributed by atoms with Crippen molar-refractivity contribution < 1.29 is 4.74 Å². The van der Waals surface area contributed by atoms with Gasteiger partial charge in [0.1, 0.15) is 0 Å². The highest BCUT2D eigenvalue weighted by Gasteiger charge is 2.16. The van der Waals surface area contributed by atoms with Gasteiger partial charge in [0.15, 0.2) is 0 Å². The molecule has 2 nitrogen and oxygen atoms in total. The lowest BCUT2D eigenvalue weighted by molar-refractivity contribution is 0.129. The maximum Gasteiger partial charge on any atom is 0.0669 e. The van der Waals surface area contributed by atoms with Gasteiger partial charge in [0.25, 0.3) is 0 Å². The van der Waals surface area contributed by atoms with E-state index in [1.807, 2.05) is 7.05 Å². The molecule has 0 radical (unpaired) electrons. The van der Waals surface area contributed by atoms with E-state index in [-0.39, 0.29) is 0 Å². The Labute approximate surface area is 118 Å². The van der Waals surface area contributed by atoms with Gasteiger partial charge in [0.2, 0.25) is 0 Å². The zero-order valence-electron chi connectivity index (χ0n) is 10.9. The quantitative estimate of drug-likeness (QED) is 0.829. The van der Waals surface area contributed by atoms with Crippen molar-refractivity contribution in [2.24, 2.45) is 0 Å². The number of ether oxygens (including phenoxy) is 1. The average molecular weight is 286 g/mol. The first kappa shape index (κ1) is 14.2. The van der Waals surface area contributed by atoms with E-state index in [4.69, 9.17) is 16.3 Å². The number of thioether (sulfide) groups is 1. The fourth-order valence-electron chi connectivity index (χ4n) is 2.03. The fraction of sp³-hybridized carbons (Fsp3) is 0.571. The summed E-state index contributed by atoms with van der Waals surface area (Å²) in [7, 11) is 1.96. The Morgan fingerprint density at radius 3 is 3.00 bits per heavy atom. The van der Waals surface area contributed by atoms with Crippen LogP contribution in [-0.2, 0) is 4.74 Å². The Morgan fingerprint density at radius 1 is 1.56 bits per heavy atom. The van der Waals surface area contributed by atoms with Crippen molar-refractivity contribution in [1.82, 2.24) is 5.32 Å². The van der Waals surface area contributed by atoms with E-state index in [2.05, 4.69) is 30.4 Å². The van der Waals surface area contributed by atoms with Crippen molar-refractivity contribution in [2.75, 3.05) is 19.4 Å². The van der Waals surface area contributed by atoms with Gasteiger partial charge in [-0.15, -0.1) is 11.8 Å². The van der Waals surface area contributed by atoms with Gasteiger partial charge >= 0.3 is 0 Å². The second-order valence-corrected chi connectivity index (χ2v) is 6.12. The molecule has 0 saturated carbocycles. The summed E-state index contributed by atoms with van der Waals surface area (Å²) in [5.74, 6) is 1.00. The molecule has 2 atom stereocenters. The third-order valence-electron chi connectivity index (χ3n) is 3.34. The highest BCUT2D eigenvalue weighted by molar-refractivity contribution is 7.99. The van der Waals surface area contributed by atoms with Gasteiger partial charge < -0.3 is 10.1 Å². The predicted octanol–water partition coefficient (Wildman–Crippen LogP) is 3.89. The second kappa shape index (κ2) is 6.80. The van der Waals surface area contributed by atoms with Crippen LogP contribution in [0, 0.1) is 0 Å². The minimum atomic E-state index is 0.333. The third-order valence-corrected chi connectivity index (χ3v) is 4.97. The largest absolute Gasteiger partial charge is 0.377 e. The van der Waals surface area contributed by atoms with Gasteiger partial charge in [-0.05, 0) is 44.5 Å². The first-order chi connectivity index (χ1) is 8.70. The molecule has 4 heteroatoms. The molecule has 2 rings (SSSR count). The monoisotopic (exact) mass is 285 g/mol. The Kier molecular flexibility index (Phi) is 5.37. The zero-order valence-corrected chi connectivity index (χ0v) is 12.5. The molecule has 0 spiro atoms. The SMILES string of the molecule is CNC(C)c1ccc(SCC2CCCO2)c(Cl)c1. The summed E-state index contributed by atoms with van der Waals surface area (Å²) in [4.78, 5) is 1.15. The van der Waals surface area contributed by atoms with Crippen LogP contribution in [-0.4, -0.2) is 25.5 Å². The summed E-state index contributed by atoms with van der Waals surface area (Å²) in [6, 6.07) is 6.65. The van der Waals surface area contributed by atoms with Crippen molar-refractivity contribution in [1.29, 1.82) is 0 Å². The Bertz CT molecular complexity index is 393. The van der Waals surface area contributed by atoms with Gasteiger partial charge in [-0.3, -0.25) is 0 Å². The summed E-state index contributed by atoms with van der Waals surface area (Å²) in [6.07, 6.45) is 2.78. The van der Waals surface area contributed by atoms with Crippen LogP contribution in [0.2, 0.25) is 5.02 Å². The van der Waals surface area contributed by atoms with Crippen LogP contribution in [0.4, 0.5) is 0 Å². The normalized spacial score (nSPS) is 21.2. The summed E-state index contributed by atoms with van der Waals surface area (Å²) >= 11 is 8.12. The minimum absolute atomic E-state index is 0.333. The van der Waals surface area contributed by atoms with E-state index >= 15 is 0 Å². The van der Waals surface area contributed by atoms with Crippen LogP contribution < -0.4 is 5.32 Å². The van der Waals surface area contributed by atoms with E-state index in [9.17, 15) is 0 Å². The molecule has 0 aliphatic carbocycles. The molecule has 1 saturated heterocycles. The van der Waals surface area contributed by atoms with E-state index in [1.54, 1.807) is 11.8 Å². The van der Waals surface area contributed by atoms with E-state index < -0.39 is 0 Å². The van der Waals surface area contributed by atoms with E-state index in [1.165, 1.54) is 18.4 Å². The van der Waals surface area contributed by atoms with E-state index in [0.29, 0.717) is 12.1 Å². The maximum atomic E-state index is 6.33. The number of hydrogen-bond acceptors (Lipinski definition) is 3. The van der Waals surface area contributed by atoms with Crippen molar-refractivity contribution in [3.63, 3.8) is 0 Å². The summed E-state index contributed by atoms with van der Waals surface area (Å²) in [5, 5.41) is 4.06. The van der Waals surface area contributed by atoms with Gasteiger partial charge in [-0.1, -0.05) is 17.7 Å². The number of nitrogens with one attached hydrogen (secondary N) is 1. The maximum absolute atomic E-state index is 6.33. The molecule has 2 unspecified atom stereocenters. The molecule has 0 amide bonds. The minimum Gasteiger partial charge on any atom is -0.377 e. The Hall–Kier alpha value is -0.220. The molecule has 1 N–H and O–H groups in total. The number of hydrogen-bond donors (Lipinski definition) is 1. The third kappa shape index (κ3) is 3.64. The predicted molar refractivity (Wildman–Crippen MR) is 78.6 cm³/mol. The lowest BCUT2D eigenvalue weighted by atomic mass is 10.1. The number of benzene rings is 1. The molecule has 1 aliphatic heterocycles. The second-order valence-electron chi connectivity index (χ2n) is 4.65. The molecule has 1 heterocycles. The standard InChI is InChI=1S/C14H20ClNOS/c1-10(16-2)11-5-6-14(13(15)8-11)18-9-12-4-3-7-17-12/h5-6,8,10,12,16H,3-4,7,9H2,1-2H3. The number of halogens is 1. The van der Waals surface area contributed by atoms with Gasteiger partial charge in [0, 0.05) is 23.3 Å². The highest BCUT2D eigenvalue weighted by atomic mass is 35.5. The Morgan fingerprint density at radius 2 is 2.39 bits per heavy atom. The van der Waals surface area contributed by atoms with Crippen molar-refractivity contribution in [2.45, 2.75) is 36.8 Å². The lowest BCUT2D eigenvalue weighted by Crippen LogP contribution is -2.12. The van der Waals surface area contributed by atoms with Crippen molar-refractivity contribution in [3.05, 3.63) is 28.8 Å². The highest BCUT2D eigenvalue weighted by Crippen LogP contribution is 2.31. The first-order valence-electron chi connectivity index (χ1n) is 6.42. The number of rotatable bonds is 5. The molecule has 1 aliphatic rings. The molecule has 1 fully saturated rings. The van der Waals surface area contributed by atoms with Gasteiger partial charge in [-0.2, -0.15) is 0 Å². The van der Waals surface area contributed by atoms with Gasteiger partial charge in [0.05, 0.1) is 11.1 Å². The van der Waals surface area contributed by atoms with Crippen LogP contribution in [0.3, 0.4) is 0 Å².